The molecule has 1 amide bonds. The van der Waals surface area contributed by atoms with Crippen LogP contribution in [0.4, 0.5) is 0 Å². The van der Waals surface area contributed by atoms with E-state index in [0.717, 1.165) is 34.9 Å². The number of hydrogen-bond donors (Lipinski definition) is 0. The van der Waals surface area contributed by atoms with Gasteiger partial charge in [0.25, 0.3) is 0 Å². The number of carbonyl (C=O) groups excluding carboxylic acids is 1. The number of sulfone groups is 1. The van der Waals surface area contributed by atoms with Gasteiger partial charge >= 0.3 is 0 Å². The second-order valence-corrected chi connectivity index (χ2v) is 10.3. The van der Waals surface area contributed by atoms with Crippen LogP contribution in [0.25, 0.3) is 11.3 Å². The number of aryl methyl sites for hydroxylation is 1. The molecule has 1 fully saturated rings. The maximum Gasteiger partial charge on any atom is 0.227 e. The Labute approximate surface area is 164 Å². The number of hydrogen-bond acceptors (Lipinski definition) is 6. The van der Waals surface area contributed by atoms with Crippen LogP contribution in [-0.4, -0.2) is 73.8 Å². The van der Waals surface area contributed by atoms with Crippen LogP contribution in [0.2, 0.25) is 0 Å². The average Bonchev–Trinajstić information content (AvgIpc) is 3.07. The molecule has 0 spiro atoms. The lowest BCUT2D eigenvalue weighted by molar-refractivity contribution is -0.132. The summed E-state index contributed by atoms with van der Waals surface area (Å²) in [5.74, 6) is 0.293. The molecule has 0 aliphatic carbocycles. The van der Waals surface area contributed by atoms with E-state index in [1.165, 1.54) is 6.26 Å². The Bertz CT molecular complexity index is 883. The van der Waals surface area contributed by atoms with Crippen LogP contribution in [0.5, 0.6) is 0 Å². The molecule has 1 aromatic carbocycles. The third-order valence-corrected chi connectivity index (χ3v) is 6.43. The van der Waals surface area contributed by atoms with E-state index < -0.39 is 9.84 Å². The quantitative estimate of drug-likeness (QED) is 0.731. The van der Waals surface area contributed by atoms with Gasteiger partial charge in [-0.2, -0.15) is 0 Å². The van der Waals surface area contributed by atoms with Gasteiger partial charge in [0.2, 0.25) is 5.91 Å². The molecule has 0 N–H and O–H groups in total. The molecule has 1 aliphatic heterocycles. The van der Waals surface area contributed by atoms with Gasteiger partial charge in [-0.15, -0.1) is 11.3 Å². The Morgan fingerprint density at radius 3 is 2.37 bits per heavy atom. The van der Waals surface area contributed by atoms with Crippen molar-refractivity contribution in [3.63, 3.8) is 0 Å². The first-order valence-corrected chi connectivity index (χ1v) is 11.9. The second kappa shape index (κ2) is 8.50. The van der Waals surface area contributed by atoms with Crippen molar-refractivity contribution in [3.8, 4) is 11.3 Å². The van der Waals surface area contributed by atoms with E-state index in [4.69, 9.17) is 0 Å². The predicted octanol–water partition coefficient (Wildman–Crippen LogP) is 1.85. The second-order valence-electron chi connectivity index (χ2n) is 6.98. The molecule has 146 valence electrons. The fraction of sp³-hybridized carbons (Fsp3) is 0.474. The molecule has 0 radical (unpaired) electrons. The van der Waals surface area contributed by atoms with E-state index in [-0.39, 0.29) is 11.7 Å². The maximum absolute atomic E-state index is 12.6. The van der Waals surface area contributed by atoms with E-state index in [0.29, 0.717) is 26.1 Å². The van der Waals surface area contributed by atoms with E-state index in [9.17, 15) is 13.2 Å². The minimum Gasteiger partial charge on any atom is -0.340 e. The zero-order chi connectivity index (χ0) is 19.4. The summed E-state index contributed by atoms with van der Waals surface area (Å²) < 4.78 is 22.5. The average molecular weight is 408 g/mol. The van der Waals surface area contributed by atoms with Crippen LogP contribution in [-0.2, 0) is 21.1 Å². The molecule has 0 bridgehead atoms. The van der Waals surface area contributed by atoms with Gasteiger partial charge in [0.05, 0.1) is 22.9 Å². The molecule has 1 aliphatic rings. The molecule has 3 rings (SSSR count). The molecule has 0 unspecified atom stereocenters. The Morgan fingerprint density at radius 2 is 1.81 bits per heavy atom. The Balaban J connectivity index is 1.49. The molecule has 8 heteroatoms. The van der Waals surface area contributed by atoms with Crippen molar-refractivity contribution in [2.45, 2.75) is 13.3 Å². The normalized spacial score (nSPS) is 15.9. The molecule has 1 saturated heterocycles. The third-order valence-electron chi connectivity index (χ3n) is 4.73. The fourth-order valence-corrected chi connectivity index (χ4v) is 4.30. The van der Waals surface area contributed by atoms with Gasteiger partial charge < -0.3 is 4.90 Å². The Morgan fingerprint density at radius 1 is 1.15 bits per heavy atom. The SMILES string of the molecule is Cc1nc(-c2ccc(CC(=O)N3CCN(CCS(C)(=O)=O)CC3)cc2)cs1. The van der Waals surface area contributed by atoms with Gasteiger partial charge in [0.1, 0.15) is 9.84 Å². The predicted molar refractivity (Wildman–Crippen MR) is 109 cm³/mol. The highest BCUT2D eigenvalue weighted by Crippen LogP contribution is 2.22. The molecular weight excluding hydrogens is 382 g/mol. The fourth-order valence-electron chi connectivity index (χ4n) is 3.09. The third kappa shape index (κ3) is 5.85. The standard InChI is InChI=1S/C19H25N3O3S2/c1-15-20-18(14-26-15)17-5-3-16(4-6-17)13-19(23)22-9-7-21(8-10-22)11-12-27(2,24)25/h3-6,14H,7-13H2,1-2H3. The minimum absolute atomic E-state index is 0.120. The molecular formula is C19H25N3O3S2. The Kier molecular flexibility index (Phi) is 6.29. The minimum atomic E-state index is -2.94. The van der Waals surface area contributed by atoms with Gasteiger partial charge in [-0.1, -0.05) is 24.3 Å². The molecule has 1 aromatic heterocycles. The number of rotatable bonds is 6. The van der Waals surface area contributed by atoms with Gasteiger partial charge in [-0.05, 0) is 12.5 Å². The number of carbonyl (C=O) groups is 1. The number of amides is 1. The zero-order valence-corrected chi connectivity index (χ0v) is 17.4. The summed E-state index contributed by atoms with van der Waals surface area (Å²) in [4.78, 5) is 21.0. The van der Waals surface area contributed by atoms with E-state index >= 15 is 0 Å². The van der Waals surface area contributed by atoms with Crippen LogP contribution < -0.4 is 0 Å². The highest BCUT2D eigenvalue weighted by Gasteiger charge is 2.21. The summed E-state index contributed by atoms with van der Waals surface area (Å²) >= 11 is 1.63. The van der Waals surface area contributed by atoms with Gasteiger partial charge in [-0.25, -0.2) is 13.4 Å². The molecule has 0 saturated carbocycles. The highest BCUT2D eigenvalue weighted by molar-refractivity contribution is 7.90. The van der Waals surface area contributed by atoms with E-state index in [1.54, 1.807) is 11.3 Å². The summed E-state index contributed by atoms with van der Waals surface area (Å²) in [6.07, 6.45) is 1.65. The number of piperazine rings is 1. The van der Waals surface area contributed by atoms with Gasteiger partial charge in [0.15, 0.2) is 0 Å². The number of nitrogens with zero attached hydrogens (tertiary/aromatic N) is 3. The number of aromatic nitrogens is 1. The smallest absolute Gasteiger partial charge is 0.227 e. The van der Waals surface area contributed by atoms with Crippen molar-refractivity contribution >= 4 is 27.1 Å². The Hall–Kier alpha value is -1.77. The summed E-state index contributed by atoms with van der Waals surface area (Å²) in [6.45, 7) is 5.28. The summed E-state index contributed by atoms with van der Waals surface area (Å²) in [7, 11) is -2.94. The first-order chi connectivity index (χ1) is 12.8. The highest BCUT2D eigenvalue weighted by atomic mass is 32.2. The number of benzene rings is 1. The van der Waals surface area contributed by atoms with E-state index in [1.807, 2.05) is 41.5 Å². The lowest BCUT2D eigenvalue weighted by Crippen LogP contribution is -2.50. The lowest BCUT2D eigenvalue weighted by Gasteiger charge is -2.34. The van der Waals surface area contributed by atoms with Crippen LogP contribution in [0.3, 0.4) is 0 Å². The van der Waals surface area contributed by atoms with Gasteiger partial charge in [0, 0.05) is 49.9 Å². The zero-order valence-electron chi connectivity index (χ0n) is 15.7. The van der Waals surface area contributed by atoms with E-state index in [2.05, 4.69) is 9.88 Å². The van der Waals surface area contributed by atoms with Crippen molar-refractivity contribution in [3.05, 3.63) is 40.2 Å². The van der Waals surface area contributed by atoms with Crippen molar-refractivity contribution in [2.75, 3.05) is 44.7 Å². The van der Waals surface area contributed by atoms with Crippen LogP contribution in [0, 0.1) is 6.92 Å². The number of thiazole rings is 1. The molecule has 0 atom stereocenters. The van der Waals surface area contributed by atoms with Crippen molar-refractivity contribution < 1.29 is 13.2 Å². The lowest BCUT2D eigenvalue weighted by atomic mass is 10.1. The van der Waals surface area contributed by atoms with Gasteiger partial charge in [-0.3, -0.25) is 9.69 Å². The van der Waals surface area contributed by atoms with Crippen LogP contribution in [0.15, 0.2) is 29.6 Å². The van der Waals surface area contributed by atoms with Crippen LogP contribution >= 0.6 is 11.3 Å². The monoisotopic (exact) mass is 407 g/mol. The largest absolute Gasteiger partial charge is 0.340 e. The maximum atomic E-state index is 12.6. The van der Waals surface area contributed by atoms with Crippen LogP contribution in [0.1, 0.15) is 10.6 Å². The molecule has 2 heterocycles. The molecule has 2 aromatic rings. The molecule has 6 nitrogen and oxygen atoms in total. The summed E-state index contributed by atoms with van der Waals surface area (Å²) in [6, 6.07) is 8.01. The summed E-state index contributed by atoms with van der Waals surface area (Å²) in [5, 5.41) is 3.08. The topological polar surface area (TPSA) is 70.6 Å². The molecule has 27 heavy (non-hydrogen) atoms. The van der Waals surface area contributed by atoms with Crippen molar-refractivity contribution in [1.29, 1.82) is 0 Å². The summed E-state index contributed by atoms with van der Waals surface area (Å²) in [5.41, 5.74) is 3.03. The van der Waals surface area contributed by atoms with Crippen molar-refractivity contribution in [2.24, 2.45) is 0 Å². The first-order valence-electron chi connectivity index (χ1n) is 8.99. The first kappa shape index (κ1) is 20.0. The van der Waals surface area contributed by atoms with Crippen molar-refractivity contribution in [1.82, 2.24) is 14.8 Å².